The molecule has 0 bridgehead atoms. The fourth-order valence-corrected chi connectivity index (χ4v) is 4.96. The number of amides is 1. The number of carbonyl (C=O) groups is 1. The van der Waals surface area contributed by atoms with E-state index in [4.69, 9.17) is 9.97 Å². The third kappa shape index (κ3) is 4.73. The predicted molar refractivity (Wildman–Crippen MR) is 116 cm³/mol. The van der Waals surface area contributed by atoms with Crippen molar-refractivity contribution in [2.45, 2.75) is 65.2 Å². The van der Waals surface area contributed by atoms with E-state index in [2.05, 4.69) is 30.6 Å². The third-order valence-corrected chi connectivity index (χ3v) is 6.88. The van der Waals surface area contributed by atoms with Crippen LogP contribution in [0, 0.1) is 12.8 Å². The van der Waals surface area contributed by atoms with Gasteiger partial charge in [0.1, 0.15) is 11.6 Å². The van der Waals surface area contributed by atoms with Gasteiger partial charge in [-0.05, 0) is 71.8 Å². The number of likely N-dealkylation sites (tertiary alicyclic amines) is 1. The zero-order chi connectivity index (χ0) is 20.4. The van der Waals surface area contributed by atoms with Crippen molar-refractivity contribution < 1.29 is 4.79 Å². The molecule has 160 valence electrons. The van der Waals surface area contributed by atoms with Gasteiger partial charge < -0.3 is 9.80 Å². The van der Waals surface area contributed by atoms with E-state index in [1.54, 1.807) is 0 Å². The summed E-state index contributed by atoms with van der Waals surface area (Å²) < 4.78 is 0. The van der Waals surface area contributed by atoms with Crippen molar-refractivity contribution in [3.8, 4) is 0 Å². The van der Waals surface area contributed by atoms with Crippen LogP contribution in [-0.2, 0) is 11.2 Å². The van der Waals surface area contributed by atoms with E-state index >= 15 is 0 Å². The van der Waals surface area contributed by atoms with Gasteiger partial charge in [-0.1, -0.05) is 0 Å². The van der Waals surface area contributed by atoms with E-state index in [1.165, 1.54) is 36.3 Å². The van der Waals surface area contributed by atoms with E-state index in [9.17, 15) is 4.79 Å². The van der Waals surface area contributed by atoms with Crippen molar-refractivity contribution in [2.24, 2.45) is 5.92 Å². The Morgan fingerprint density at radius 3 is 2.62 bits per heavy atom. The SMILES string of the molecule is CCN(CC)C(=O)CN1CCCC(c2nc(C)c3c(n2)N(CC2CC2)CCC3)C1. The molecule has 2 aliphatic heterocycles. The molecule has 1 unspecified atom stereocenters. The van der Waals surface area contributed by atoms with Crippen molar-refractivity contribution in [1.29, 1.82) is 0 Å². The van der Waals surface area contributed by atoms with Crippen molar-refractivity contribution in [3.63, 3.8) is 0 Å². The van der Waals surface area contributed by atoms with Crippen molar-refractivity contribution in [3.05, 3.63) is 17.1 Å². The maximum atomic E-state index is 12.6. The molecule has 6 heteroatoms. The van der Waals surface area contributed by atoms with Gasteiger partial charge in [-0.2, -0.15) is 0 Å². The molecule has 1 saturated carbocycles. The van der Waals surface area contributed by atoms with Gasteiger partial charge in [-0.25, -0.2) is 9.97 Å². The van der Waals surface area contributed by atoms with Gasteiger partial charge in [-0.3, -0.25) is 9.69 Å². The average molecular weight is 400 g/mol. The first-order valence-corrected chi connectivity index (χ1v) is 11.7. The second-order valence-electron chi connectivity index (χ2n) is 9.10. The van der Waals surface area contributed by atoms with E-state index in [1.807, 2.05) is 4.90 Å². The van der Waals surface area contributed by atoms with Crippen LogP contribution in [0.2, 0.25) is 0 Å². The molecule has 1 atom stereocenters. The number of piperidine rings is 1. The summed E-state index contributed by atoms with van der Waals surface area (Å²) in [6, 6.07) is 0. The second-order valence-corrected chi connectivity index (χ2v) is 9.10. The minimum atomic E-state index is 0.244. The Morgan fingerprint density at radius 1 is 1.10 bits per heavy atom. The minimum absolute atomic E-state index is 0.244. The molecule has 1 saturated heterocycles. The fraction of sp³-hybridized carbons (Fsp3) is 0.783. The number of nitrogens with zero attached hydrogens (tertiary/aromatic N) is 5. The molecule has 0 radical (unpaired) electrons. The van der Waals surface area contributed by atoms with Crippen molar-refractivity contribution >= 4 is 11.7 Å². The van der Waals surface area contributed by atoms with Crippen molar-refractivity contribution in [2.75, 3.05) is 50.7 Å². The minimum Gasteiger partial charge on any atom is -0.356 e. The number of likely N-dealkylation sites (N-methyl/N-ethyl adjacent to an activating group) is 1. The average Bonchev–Trinajstić information content (AvgIpc) is 3.54. The van der Waals surface area contributed by atoms with Gasteiger partial charge in [0.15, 0.2) is 0 Å². The Balaban J connectivity index is 1.49. The first-order valence-electron chi connectivity index (χ1n) is 11.7. The molecule has 6 nitrogen and oxygen atoms in total. The lowest BCUT2D eigenvalue weighted by Crippen LogP contribution is -2.44. The Morgan fingerprint density at radius 2 is 1.90 bits per heavy atom. The molecule has 0 N–H and O–H groups in total. The molecule has 1 aromatic heterocycles. The van der Waals surface area contributed by atoms with Crippen LogP contribution in [-0.4, -0.2) is 71.5 Å². The quantitative estimate of drug-likeness (QED) is 0.705. The molecular formula is C23H37N5O. The van der Waals surface area contributed by atoms with Crippen LogP contribution in [0.15, 0.2) is 0 Å². The zero-order valence-corrected chi connectivity index (χ0v) is 18.5. The van der Waals surface area contributed by atoms with Gasteiger partial charge in [-0.15, -0.1) is 0 Å². The summed E-state index contributed by atoms with van der Waals surface area (Å²) in [5.41, 5.74) is 2.53. The molecule has 1 amide bonds. The Labute approximate surface area is 175 Å². The smallest absolute Gasteiger partial charge is 0.236 e. The summed E-state index contributed by atoms with van der Waals surface area (Å²) in [5, 5.41) is 0. The summed E-state index contributed by atoms with van der Waals surface area (Å²) in [4.78, 5) is 29.4. The first kappa shape index (κ1) is 20.6. The molecule has 4 rings (SSSR count). The monoisotopic (exact) mass is 399 g/mol. The number of aryl methyl sites for hydroxylation is 1. The highest BCUT2D eigenvalue weighted by atomic mass is 16.2. The first-order chi connectivity index (χ1) is 14.1. The van der Waals surface area contributed by atoms with Crippen LogP contribution in [0.25, 0.3) is 0 Å². The lowest BCUT2D eigenvalue weighted by Gasteiger charge is -2.35. The van der Waals surface area contributed by atoms with Gasteiger partial charge in [0.05, 0.1) is 6.54 Å². The van der Waals surface area contributed by atoms with E-state index < -0.39 is 0 Å². The summed E-state index contributed by atoms with van der Waals surface area (Å²) >= 11 is 0. The van der Waals surface area contributed by atoms with Gasteiger partial charge in [0.25, 0.3) is 0 Å². The third-order valence-electron chi connectivity index (χ3n) is 6.88. The number of aromatic nitrogens is 2. The molecule has 3 heterocycles. The summed E-state index contributed by atoms with van der Waals surface area (Å²) in [5.74, 6) is 3.66. The van der Waals surface area contributed by atoms with Gasteiger partial charge in [0.2, 0.25) is 5.91 Å². The highest BCUT2D eigenvalue weighted by Gasteiger charge is 2.31. The standard InChI is InChI=1S/C23H37N5O/c1-4-27(5-2)21(29)16-26-12-6-8-19(15-26)22-24-17(3)20-9-7-13-28(23(20)25-22)14-18-10-11-18/h18-19H,4-16H2,1-3H3. The molecular weight excluding hydrogens is 362 g/mol. The Hall–Kier alpha value is -1.69. The second kappa shape index (κ2) is 8.99. The number of rotatable bonds is 7. The van der Waals surface area contributed by atoms with Crippen LogP contribution in [0.1, 0.15) is 69.0 Å². The van der Waals surface area contributed by atoms with Crippen LogP contribution < -0.4 is 4.90 Å². The zero-order valence-electron chi connectivity index (χ0n) is 18.5. The summed E-state index contributed by atoms with van der Waals surface area (Å²) in [6.07, 6.45) is 7.31. The molecule has 1 aliphatic carbocycles. The lowest BCUT2D eigenvalue weighted by atomic mass is 9.96. The highest BCUT2D eigenvalue weighted by Crippen LogP contribution is 2.35. The molecule has 0 aromatic carbocycles. The molecule has 0 spiro atoms. The van der Waals surface area contributed by atoms with Crippen LogP contribution in [0.3, 0.4) is 0 Å². The summed E-state index contributed by atoms with van der Waals surface area (Å²) in [6.45, 7) is 12.6. The fourth-order valence-electron chi connectivity index (χ4n) is 4.96. The maximum Gasteiger partial charge on any atom is 0.236 e. The Bertz CT molecular complexity index is 728. The molecule has 29 heavy (non-hydrogen) atoms. The number of hydrogen-bond donors (Lipinski definition) is 0. The topological polar surface area (TPSA) is 52.6 Å². The van der Waals surface area contributed by atoms with Gasteiger partial charge in [0, 0.05) is 49.9 Å². The largest absolute Gasteiger partial charge is 0.356 e. The van der Waals surface area contributed by atoms with E-state index in [-0.39, 0.29) is 5.91 Å². The number of hydrogen-bond acceptors (Lipinski definition) is 5. The van der Waals surface area contributed by atoms with Crippen molar-refractivity contribution in [1.82, 2.24) is 19.8 Å². The molecule has 1 aromatic rings. The predicted octanol–water partition coefficient (Wildman–Crippen LogP) is 3.00. The normalized spacial score (nSPS) is 22.4. The van der Waals surface area contributed by atoms with Crippen LogP contribution in [0.4, 0.5) is 5.82 Å². The van der Waals surface area contributed by atoms with Crippen LogP contribution >= 0.6 is 0 Å². The summed E-state index contributed by atoms with van der Waals surface area (Å²) in [7, 11) is 0. The van der Waals surface area contributed by atoms with E-state index in [0.717, 1.165) is 70.3 Å². The number of anilines is 1. The maximum absolute atomic E-state index is 12.6. The van der Waals surface area contributed by atoms with Crippen LogP contribution in [0.5, 0.6) is 0 Å². The Kier molecular flexibility index (Phi) is 6.38. The molecule has 3 aliphatic rings. The number of fused-ring (bicyclic) bond motifs is 1. The number of carbonyl (C=O) groups excluding carboxylic acids is 1. The highest BCUT2D eigenvalue weighted by molar-refractivity contribution is 5.78. The molecule has 2 fully saturated rings. The van der Waals surface area contributed by atoms with Gasteiger partial charge >= 0.3 is 0 Å². The van der Waals surface area contributed by atoms with E-state index in [0.29, 0.717) is 12.5 Å². The lowest BCUT2D eigenvalue weighted by molar-refractivity contribution is -0.132.